The molecule has 0 radical (unpaired) electrons. The number of hydrogen-bond acceptors (Lipinski definition) is 4. The van der Waals surface area contributed by atoms with Crippen LogP contribution < -0.4 is 5.32 Å². The van der Waals surface area contributed by atoms with Crippen LogP contribution in [-0.4, -0.2) is 46.7 Å². The van der Waals surface area contributed by atoms with Crippen LogP contribution in [0.3, 0.4) is 0 Å². The molecular weight excluding hydrogens is 292 g/mol. The van der Waals surface area contributed by atoms with Crippen LogP contribution in [0, 0.1) is 11.8 Å². The summed E-state index contributed by atoms with van der Waals surface area (Å²) in [7, 11) is 0. The normalized spacial score (nSPS) is 27.9. The van der Waals surface area contributed by atoms with Crippen LogP contribution in [0.25, 0.3) is 0 Å². The topological polar surface area (TPSA) is 59.4 Å². The Morgan fingerprint density at radius 3 is 3.00 bits per heavy atom. The molecule has 2 fully saturated rings. The molecule has 1 amide bonds. The molecule has 0 aromatic carbocycles. The van der Waals surface area contributed by atoms with Gasteiger partial charge in [-0.25, -0.2) is 4.98 Å². The lowest BCUT2D eigenvalue weighted by atomic mass is 10.1. The number of nitrogens with zero attached hydrogens (tertiary/aromatic N) is 3. The quantitative estimate of drug-likeness (QED) is 0.889. The number of fused-ring (bicyclic) bond motifs is 1. The van der Waals surface area contributed by atoms with Crippen molar-refractivity contribution in [1.29, 1.82) is 0 Å². The van der Waals surface area contributed by atoms with E-state index in [1.165, 1.54) is 6.42 Å². The first-order valence-electron chi connectivity index (χ1n) is 8.86. The van der Waals surface area contributed by atoms with Gasteiger partial charge in [0.15, 0.2) is 0 Å². The average molecular weight is 318 g/mol. The summed E-state index contributed by atoms with van der Waals surface area (Å²) in [6.45, 7) is 7.75. The molecule has 4 rings (SSSR count). The molecule has 1 N–H and O–H groups in total. The molecule has 0 unspecified atom stereocenters. The number of ether oxygens (including phenoxy) is 1. The SMILES string of the molecule is C[C@H]1c2ncc(CNC(=O)C3CC3)n2CCN1C[C@@H]1CCOC1. The second-order valence-electron chi connectivity index (χ2n) is 7.15. The molecular formula is C17H26N4O2. The van der Waals surface area contributed by atoms with E-state index in [9.17, 15) is 4.79 Å². The minimum atomic E-state index is 0.201. The summed E-state index contributed by atoms with van der Waals surface area (Å²) in [5.74, 6) is 2.26. The smallest absolute Gasteiger partial charge is 0.223 e. The van der Waals surface area contributed by atoms with E-state index in [0.29, 0.717) is 18.5 Å². The highest BCUT2D eigenvalue weighted by Crippen LogP contribution is 2.30. The standard InChI is InChI=1S/C17H26N4O2/c1-12-16-18-8-15(9-19-17(22)14-2-3-14)21(16)6-5-20(12)10-13-4-7-23-11-13/h8,12-14H,2-7,9-11H2,1H3,(H,19,22)/t12-,13-/m0/s1. The molecule has 1 saturated carbocycles. The zero-order valence-corrected chi connectivity index (χ0v) is 13.8. The lowest BCUT2D eigenvalue weighted by molar-refractivity contribution is -0.122. The lowest BCUT2D eigenvalue weighted by Gasteiger charge is -2.35. The highest BCUT2D eigenvalue weighted by molar-refractivity contribution is 5.80. The number of amides is 1. The fraction of sp³-hybridized carbons (Fsp3) is 0.765. The molecule has 2 aliphatic heterocycles. The molecule has 126 valence electrons. The molecule has 0 spiro atoms. The first-order valence-corrected chi connectivity index (χ1v) is 8.86. The fourth-order valence-electron chi connectivity index (χ4n) is 3.72. The predicted molar refractivity (Wildman–Crippen MR) is 85.7 cm³/mol. The first-order chi connectivity index (χ1) is 11.2. The number of carbonyl (C=O) groups is 1. The Morgan fingerprint density at radius 1 is 1.39 bits per heavy atom. The third kappa shape index (κ3) is 3.15. The molecule has 23 heavy (non-hydrogen) atoms. The van der Waals surface area contributed by atoms with E-state index in [4.69, 9.17) is 4.74 Å². The Labute approximate surface area is 137 Å². The van der Waals surface area contributed by atoms with Crippen LogP contribution in [-0.2, 0) is 22.6 Å². The van der Waals surface area contributed by atoms with Gasteiger partial charge in [0.2, 0.25) is 5.91 Å². The third-order valence-corrected chi connectivity index (χ3v) is 5.41. The second-order valence-corrected chi connectivity index (χ2v) is 7.15. The van der Waals surface area contributed by atoms with Gasteiger partial charge in [-0.15, -0.1) is 0 Å². The molecule has 1 aromatic rings. The van der Waals surface area contributed by atoms with Gasteiger partial charge in [0.25, 0.3) is 0 Å². The van der Waals surface area contributed by atoms with Crippen molar-refractivity contribution in [3.8, 4) is 0 Å². The summed E-state index contributed by atoms with van der Waals surface area (Å²) in [5, 5.41) is 3.05. The maximum absolute atomic E-state index is 11.8. The van der Waals surface area contributed by atoms with Gasteiger partial charge in [0, 0.05) is 32.2 Å². The van der Waals surface area contributed by atoms with Crippen LogP contribution in [0.5, 0.6) is 0 Å². The number of aromatic nitrogens is 2. The third-order valence-electron chi connectivity index (χ3n) is 5.41. The Hall–Kier alpha value is -1.40. The minimum absolute atomic E-state index is 0.201. The predicted octanol–water partition coefficient (Wildman–Crippen LogP) is 1.32. The summed E-state index contributed by atoms with van der Waals surface area (Å²) in [4.78, 5) is 19.0. The van der Waals surface area contributed by atoms with E-state index in [-0.39, 0.29) is 11.8 Å². The number of hydrogen-bond donors (Lipinski definition) is 1. The molecule has 3 aliphatic rings. The molecule has 6 nitrogen and oxygen atoms in total. The molecule has 0 bridgehead atoms. The molecule has 1 saturated heterocycles. The monoisotopic (exact) mass is 318 g/mol. The Morgan fingerprint density at radius 2 is 2.26 bits per heavy atom. The summed E-state index contributed by atoms with van der Waals surface area (Å²) in [6, 6.07) is 0.331. The highest BCUT2D eigenvalue weighted by Gasteiger charge is 2.31. The summed E-state index contributed by atoms with van der Waals surface area (Å²) in [6.07, 6.45) is 5.21. The molecule has 6 heteroatoms. The van der Waals surface area contributed by atoms with E-state index in [2.05, 4.69) is 26.7 Å². The van der Waals surface area contributed by atoms with Gasteiger partial charge in [0.05, 0.1) is 31.1 Å². The van der Waals surface area contributed by atoms with E-state index in [1.807, 2.05) is 6.20 Å². The van der Waals surface area contributed by atoms with E-state index >= 15 is 0 Å². The zero-order chi connectivity index (χ0) is 15.8. The lowest BCUT2D eigenvalue weighted by Crippen LogP contribution is -2.40. The number of imidazole rings is 1. The second kappa shape index (κ2) is 6.24. The zero-order valence-electron chi connectivity index (χ0n) is 13.8. The van der Waals surface area contributed by atoms with Gasteiger partial charge < -0.3 is 14.6 Å². The minimum Gasteiger partial charge on any atom is -0.381 e. The van der Waals surface area contributed by atoms with Crippen molar-refractivity contribution < 1.29 is 9.53 Å². The summed E-state index contributed by atoms with van der Waals surface area (Å²) in [5.41, 5.74) is 1.13. The van der Waals surface area contributed by atoms with Crippen molar-refractivity contribution in [3.63, 3.8) is 0 Å². The van der Waals surface area contributed by atoms with Crippen LogP contribution in [0.2, 0.25) is 0 Å². The van der Waals surface area contributed by atoms with Gasteiger partial charge in [-0.2, -0.15) is 0 Å². The van der Waals surface area contributed by atoms with Crippen molar-refractivity contribution in [3.05, 3.63) is 17.7 Å². The number of carbonyl (C=O) groups excluding carboxylic acids is 1. The Kier molecular flexibility index (Phi) is 4.11. The van der Waals surface area contributed by atoms with E-state index in [1.54, 1.807) is 0 Å². The van der Waals surface area contributed by atoms with Crippen LogP contribution >= 0.6 is 0 Å². The maximum atomic E-state index is 11.8. The van der Waals surface area contributed by atoms with Gasteiger partial charge in [-0.3, -0.25) is 9.69 Å². The van der Waals surface area contributed by atoms with Crippen molar-refractivity contribution in [2.45, 2.75) is 45.3 Å². The fourth-order valence-corrected chi connectivity index (χ4v) is 3.72. The maximum Gasteiger partial charge on any atom is 0.223 e. The van der Waals surface area contributed by atoms with Crippen LogP contribution in [0.15, 0.2) is 6.20 Å². The molecule has 2 atom stereocenters. The highest BCUT2D eigenvalue weighted by atomic mass is 16.5. The van der Waals surface area contributed by atoms with Gasteiger partial charge in [0.1, 0.15) is 5.82 Å². The number of nitrogens with one attached hydrogen (secondary N) is 1. The van der Waals surface area contributed by atoms with E-state index in [0.717, 1.165) is 57.2 Å². The van der Waals surface area contributed by atoms with Crippen molar-refractivity contribution in [1.82, 2.24) is 19.8 Å². The molecule has 1 aromatic heterocycles. The Balaban J connectivity index is 1.39. The average Bonchev–Trinajstić information content (AvgIpc) is 3.13. The van der Waals surface area contributed by atoms with Crippen LogP contribution in [0.1, 0.15) is 43.7 Å². The molecule has 3 heterocycles. The number of rotatable bonds is 5. The summed E-state index contributed by atoms with van der Waals surface area (Å²) >= 11 is 0. The van der Waals surface area contributed by atoms with Crippen molar-refractivity contribution in [2.75, 3.05) is 26.3 Å². The van der Waals surface area contributed by atoms with E-state index < -0.39 is 0 Å². The summed E-state index contributed by atoms with van der Waals surface area (Å²) < 4.78 is 7.79. The van der Waals surface area contributed by atoms with Gasteiger partial charge in [-0.1, -0.05) is 0 Å². The largest absolute Gasteiger partial charge is 0.381 e. The first kappa shape index (κ1) is 15.1. The van der Waals surface area contributed by atoms with Crippen molar-refractivity contribution in [2.24, 2.45) is 11.8 Å². The van der Waals surface area contributed by atoms with Crippen molar-refractivity contribution >= 4 is 5.91 Å². The van der Waals surface area contributed by atoms with Gasteiger partial charge in [-0.05, 0) is 32.1 Å². The van der Waals surface area contributed by atoms with Crippen LogP contribution in [0.4, 0.5) is 0 Å². The molecule has 1 aliphatic carbocycles. The van der Waals surface area contributed by atoms with Gasteiger partial charge >= 0.3 is 0 Å². The Bertz CT molecular complexity index is 575.